The maximum Gasteiger partial charge on any atom is 0.352 e. The standard InChI is InChI=1S/C20H18F2N4O3/c1-3-25-19(28)17(18(27)23-11-13-5-7-14(21)8-6-13)24-26(20(25)29)15-9-4-12(2)16(22)10-15/h4-10H,3,11H2,1-2H3,(H,23,27). The molecule has 3 aromatic rings. The number of nitrogens with one attached hydrogen (secondary N) is 1. The lowest BCUT2D eigenvalue weighted by molar-refractivity contribution is 0.0941. The van der Waals surface area contributed by atoms with Crippen LogP contribution in [0.25, 0.3) is 5.69 Å². The van der Waals surface area contributed by atoms with Gasteiger partial charge in [0, 0.05) is 19.2 Å². The maximum atomic E-state index is 13.9. The summed E-state index contributed by atoms with van der Waals surface area (Å²) in [6.45, 7) is 3.18. The summed E-state index contributed by atoms with van der Waals surface area (Å²) in [7, 11) is 0. The number of aryl methyl sites for hydroxylation is 1. The molecule has 0 saturated heterocycles. The van der Waals surface area contributed by atoms with E-state index in [4.69, 9.17) is 0 Å². The molecule has 2 aromatic carbocycles. The van der Waals surface area contributed by atoms with Crippen LogP contribution in [0.3, 0.4) is 0 Å². The summed E-state index contributed by atoms with van der Waals surface area (Å²) in [6, 6.07) is 9.51. The zero-order chi connectivity index (χ0) is 21.1. The molecule has 1 N–H and O–H groups in total. The third-order valence-corrected chi connectivity index (χ3v) is 4.36. The van der Waals surface area contributed by atoms with E-state index in [0.29, 0.717) is 11.1 Å². The summed E-state index contributed by atoms with van der Waals surface area (Å²) in [5.41, 5.74) is -1.05. The first-order valence-corrected chi connectivity index (χ1v) is 8.85. The van der Waals surface area contributed by atoms with Gasteiger partial charge in [-0.25, -0.2) is 13.6 Å². The van der Waals surface area contributed by atoms with Gasteiger partial charge < -0.3 is 5.32 Å². The van der Waals surface area contributed by atoms with Crippen LogP contribution in [0, 0.1) is 18.6 Å². The highest BCUT2D eigenvalue weighted by atomic mass is 19.1. The molecule has 0 fully saturated rings. The molecule has 0 aliphatic heterocycles. The smallest absolute Gasteiger partial charge is 0.346 e. The van der Waals surface area contributed by atoms with Crippen molar-refractivity contribution in [3.05, 3.63) is 91.8 Å². The second-order valence-electron chi connectivity index (χ2n) is 6.34. The summed E-state index contributed by atoms with van der Waals surface area (Å²) in [4.78, 5) is 37.6. The minimum Gasteiger partial charge on any atom is -0.346 e. The molecule has 3 rings (SSSR count). The van der Waals surface area contributed by atoms with E-state index >= 15 is 0 Å². The average Bonchev–Trinajstić information content (AvgIpc) is 2.70. The van der Waals surface area contributed by atoms with Gasteiger partial charge in [0.2, 0.25) is 5.69 Å². The van der Waals surface area contributed by atoms with E-state index in [1.807, 2.05) is 0 Å². The van der Waals surface area contributed by atoms with Crippen molar-refractivity contribution in [3.8, 4) is 5.69 Å². The van der Waals surface area contributed by atoms with Crippen LogP contribution < -0.4 is 16.6 Å². The highest BCUT2D eigenvalue weighted by Crippen LogP contribution is 2.11. The Labute approximate surface area is 164 Å². The highest BCUT2D eigenvalue weighted by Gasteiger charge is 2.20. The zero-order valence-electron chi connectivity index (χ0n) is 15.8. The Morgan fingerprint density at radius 2 is 1.79 bits per heavy atom. The number of rotatable bonds is 5. The van der Waals surface area contributed by atoms with Crippen molar-refractivity contribution in [2.45, 2.75) is 26.9 Å². The molecule has 0 spiro atoms. The van der Waals surface area contributed by atoms with Crippen molar-refractivity contribution in [2.75, 3.05) is 0 Å². The van der Waals surface area contributed by atoms with Gasteiger partial charge in [0.15, 0.2) is 0 Å². The third kappa shape index (κ3) is 4.13. The number of nitrogens with zero attached hydrogens (tertiary/aromatic N) is 3. The summed E-state index contributed by atoms with van der Waals surface area (Å²) < 4.78 is 28.6. The predicted octanol–water partition coefficient (Wildman–Crippen LogP) is 1.93. The molecule has 0 aliphatic rings. The van der Waals surface area contributed by atoms with Gasteiger partial charge in [0.1, 0.15) is 11.6 Å². The van der Waals surface area contributed by atoms with E-state index < -0.39 is 34.5 Å². The molecule has 0 atom stereocenters. The molecular formula is C20H18F2N4O3. The molecule has 0 aliphatic carbocycles. The number of halogens is 2. The van der Waals surface area contributed by atoms with Gasteiger partial charge in [0.25, 0.3) is 11.5 Å². The van der Waals surface area contributed by atoms with Gasteiger partial charge >= 0.3 is 5.69 Å². The van der Waals surface area contributed by atoms with E-state index in [9.17, 15) is 23.2 Å². The topological polar surface area (TPSA) is 86.0 Å². The van der Waals surface area contributed by atoms with Gasteiger partial charge in [-0.3, -0.25) is 14.2 Å². The van der Waals surface area contributed by atoms with Crippen molar-refractivity contribution in [1.82, 2.24) is 19.7 Å². The highest BCUT2D eigenvalue weighted by molar-refractivity contribution is 5.91. The molecular weight excluding hydrogens is 382 g/mol. The minimum absolute atomic E-state index is 0.00672. The van der Waals surface area contributed by atoms with Crippen LogP contribution in [-0.4, -0.2) is 20.3 Å². The molecule has 0 bridgehead atoms. The fraction of sp³-hybridized carbons (Fsp3) is 0.200. The molecule has 7 nitrogen and oxygen atoms in total. The van der Waals surface area contributed by atoms with Gasteiger partial charge in [0.05, 0.1) is 5.69 Å². The fourth-order valence-electron chi connectivity index (χ4n) is 2.69. The number of amides is 1. The largest absolute Gasteiger partial charge is 0.352 e. The van der Waals surface area contributed by atoms with Crippen LogP contribution in [0.2, 0.25) is 0 Å². The van der Waals surface area contributed by atoms with Crippen LogP contribution in [0.4, 0.5) is 8.78 Å². The lowest BCUT2D eigenvalue weighted by Crippen LogP contribution is -2.45. The Hall–Kier alpha value is -3.62. The molecule has 29 heavy (non-hydrogen) atoms. The van der Waals surface area contributed by atoms with E-state index in [1.165, 1.54) is 36.4 Å². The molecule has 0 unspecified atom stereocenters. The van der Waals surface area contributed by atoms with Crippen molar-refractivity contribution in [1.29, 1.82) is 0 Å². The number of carbonyl (C=O) groups excluding carboxylic acids is 1. The SMILES string of the molecule is CCn1c(=O)c(C(=O)NCc2ccc(F)cc2)nn(-c2ccc(C)c(F)c2)c1=O. The summed E-state index contributed by atoms with van der Waals surface area (Å²) in [5.74, 6) is -1.76. The van der Waals surface area contributed by atoms with E-state index in [-0.39, 0.29) is 18.8 Å². The van der Waals surface area contributed by atoms with E-state index in [1.54, 1.807) is 13.8 Å². The van der Waals surface area contributed by atoms with Crippen LogP contribution >= 0.6 is 0 Å². The Morgan fingerprint density at radius 3 is 2.41 bits per heavy atom. The van der Waals surface area contributed by atoms with Gasteiger partial charge in [-0.15, -0.1) is 0 Å². The van der Waals surface area contributed by atoms with Crippen molar-refractivity contribution in [3.63, 3.8) is 0 Å². The molecule has 0 saturated carbocycles. The van der Waals surface area contributed by atoms with E-state index in [2.05, 4.69) is 10.4 Å². The lowest BCUT2D eigenvalue weighted by atomic mass is 10.2. The van der Waals surface area contributed by atoms with Crippen LogP contribution in [0.5, 0.6) is 0 Å². The Kier molecular flexibility index (Phi) is 5.67. The Bertz CT molecular complexity index is 1180. The number of hydrogen-bond donors (Lipinski definition) is 1. The summed E-state index contributed by atoms with van der Waals surface area (Å²) >= 11 is 0. The second-order valence-corrected chi connectivity index (χ2v) is 6.34. The number of benzene rings is 2. The lowest BCUT2D eigenvalue weighted by Gasteiger charge is -2.11. The molecule has 1 aromatic heterocycles. The van der Waals surface area contributed by atoms with E-state index in [0.717, 1.165) is 15.3 Å². The van der Waals surface area contributed by atoms with Crippen LogP contribution in [0.15, 0.2) is 52.1 Å². The van der Waals surface area contributed by atoms with Gasteiger partial charge in [-0.1, -0.05) is 18.2 Å². The summed E-state index contributed by atoms with van der Waals surface area (Å²) in [6.07, 6.45) is 0. The molecule has 1 heterocycles. The van der Waals surface area contributed by atoms with Crippen molar-refractivity contribution >= 4 is 5.91 Å². The maximum absolute atomic E-state index is 13.9. The first-order valence-electron chi connectivity index (χ1n) is 8.85. The van der Waals surface area contributed by atoms with Crippen LogP contribution in [0.1, 0.15) is 28.5 Å². The zero-order valence-corrected chi connectivity index (χ0v) is 15.8. The van der Waals surface area contributed by atoms with Gasteiger partial charge in [-0.2, -0.15) is 9.78 Å². The number of carbonyl (C=O) groups is 1. The summed E-state index contributed by atoms with van der Waals surface area (Å²) in [5, 5.41) is 6.40. The van der Waals surface area contributed by atoms with Crippen molar-refractivity contribution < 1.29 is 13.6 Å². The number of aromatic nitrogens is 3. The minimum atomic E-state index is -0.849. The predicted molar refractivity (Wildman–Crippen MR) is 102 cm³/mol. The normalized spacial score (nSPS) is 10.8. The fourth-order valence-corrected chi connectivity index (χ4v) is 2.69. The molecule has 1 amide bonds. The first kappa shape index (κ1) is 20.1. The molecule has 0 radical (unpaired) electrons. The molecule has 150 valence electrons. The quantitative estimate of drug-likeness (QED) is 0.709. The first-order chi connectivity index (χ1) is 13.8. The second kappa shape index (κ2) is 8.17. The van der Waals surface area contributed by atoms with Crippen LogP contribution in [-0.2, 0) is 13.1 Å². The van der Waals surface area contributed by atoms with Crippen molar-refractivity contribution in [2.24, 2.45) is 0 Å². The molecule has 9 heteroatoms. The Morgan fingerprint density at radius 1 is 1.10 bits per heavy atom. The Balaban J connectivity index is 2.00. The monoisotopic (exact) mass is 400 g/mol. The van der Waals surface area contributed by atoms with Gasteiger partial charge in [-0.05, 0) is 43.2 Å². The number of hydrogen-bond acceptors (Lipinski definition) is 4. The average molecular weight is 400 g/mol. The third-order valence-electron chi connectivity index (χ3n) is 4.36.